The Morgan fingerprint density at radius 2 is 2.11 bits per heavy atom. The highest BCUT2D eigenvalue weighted by molar-refractivity contribution is 5.21. The van der Waals surface area contributed by atoms with Crippen LogP contribution in [0.1, 0.15) is 45.3 Å². The molecule has 2 unspecified atom stereocenters. The zero-order chi connectivity index (χ0) is 13.2. The molecule has 0 aromatic heterocycles. The molecule has 0 aliphatic carbocycles. The summed E-state index contributed by atoms with van der Waals surface area (Å²) in [5.74, 6) is -0.203. The Hall–Kier alpha value is -0.930. The number of hydrogen-bond donors (Lipinski definition) is 1. The predicted octanol–water partition coefficient (Wildman–Crippen LogP) is 3.43. The molecular weight excluding hydrogens is 229 g/mol. The molecule has 1 aromatic carbocycles. The van der Waals surface area contributed by atoms with Crippen LogP contribution in [0.15, 0.2) is 24.3 Å². The molecular formula is C15H22FNO. The van der Waals surface area contributed by atoms with Gasteiger partial charge in [0.1, 0.15) is 5.82 Å². The molecule has 1 N–H and O–H groups in total. The molecule has 0 spiro atoms. The van der Waals surface area contributed by atoms with E-state index in [-0.39, 0.29) is 23.5 Å². The van der Waals surface area contributed by atoms with Crippen molar-refractivity contribution in [2.75, 3.05) is 6.61 Å². The van der Waals surface area contributed by atoms with E-state index in [0.717, 1.165) is 18.4 Å². The van der Waals surface area contributed by atoms with E-state index >= 15 is 0 Å². The quantitative estimate of drug-likeness (QED) is 0.888. The zero-order valence-electron chi connectivity index (χ0n) is 11.4. The Morgan fingerprint density at radius 3 is 2.67 bits per heavy atom. The van der Waals surface area contributed by atoms with Crippen molar-refractivity contribution in [1.82, 2.24) is 5.32 Å². The van der Waals surface area contributed by atoms with Crippen molar-refractivity contribution in [2.45, 2.75) is 51.3 Å². The first-order chi connectivity index (χ1) is 8.60. The minimum Gasteiger partial charge on any atom is -0.370 e. The van der Waals surface area contributed by atoms with E-state index in [2.05, 4.69) is 26.1 Å². The Labute approximate surface area is 109 Å². The van der Waals surface area contributed by atoms with Crippen LogP contribution in [0.2, 0.25) is 0 Å². The molecule has 2 rings (SSSR count). The van der Waals surface area contributed by atoms with Crippen LogP contribution in [0.5, 0.6) is 0 Å². The van der Waals surface area contributed by atoms with Crippen LogP contribution in [0.4, 0.5) is 4.39 Å². The van der Waals surface area contributed by atoms with Gasteiger partial charge in [0.15, 0.2) is 0 Å². The Balaban J connectivity index is 2.15. The zero-order valence-corrected chi connectivity index (χ0v) is 11.4. The lowest BCUT2D eigenvalue weighted by molar-refractivity contribution is -0.0632. The molecule has 1 aliphatic heterocycles. The summed E-state index contributed by atoms with van der Waals surface area (Å²) >= 11 is 0. The minimum atomic E-state index is -0.203. The fourth-order valence-electron chi connectivity index (χ4n) is 2.72. The molecule has 0 amide bonds. The Kier molecular flexibility index (Phi) is 4.03. The van der Waals surface area contributed by atoms with Crippen molar-refractivity contribution in [2.24, 2.45) is 0 Å². The third-order valence-corrected chi connectivity index (χ3v) is 4.06. The predicted molar refractivity (Wildman–Crippen MR) is 71.0 cm³/mol. The number of benzene rings is 1. The number of halogens is 1. The van der Waals surface area contributed by atoms with E-state index in [1.54, 1.807) is 12.1 Å². The third-order valence-electron chi connectivity index (χ3n) is 4.06. The first kappa shape index (κ1) is 13.5. The molecule has 1 aliphatic rings. The molecule has 1 fully saturated rings. The second-order valence-electron chi connectivity index (χ2n) is 5.21. The Bertz CT molecular complexity index is 403. The van der Waals surface area contributed by atoms with E-state index in [1.165, 1.54) is 6.07 Å². The molecule has 0 radical (unpaired) electrons. The summed E-state index contributed by atoms with van der Waals surface area (Å²) in [6, 6.07) is 6.89. The normalized spacial score (nSPS) is 27.1. The third kappa shape index (κ3) is 2.57. The van der Waals surface area contributed by atoms with Crippen LogP contribution in [-0.4, -0.2) is 18.2 Å². The van der Waals surface area contributed by atoms with Crippen LogP contribution >= 0.6 is 0 Å². The largest absolute Gasteiger partial charge is 0.370 e. The van der Waals surface area contributed by atoms with Gasteiger partial charge in [-0.3, -0.25) is 0 Å². The molecule has 0 saturated carbocycles. The Morgan fingerprint density at radius 1 is 1.39 bits per heavy atom. The maximum atomic E-state index is 13.3. The molecule has 1 saturated heterocycles. The van der Waals surface area contributed by atoms with Crippen molar-refractivity contribution in [3.05, 3.63) is 35.6 Å². The first-order valence-corrected chi connectivity index (χ1v) is 6.75. The van der Waals surface area contributed by atoms with Gasteiger partial charge in [-0.25, -0.2) is 4.39 Å². The number of morpholine rings is 1. The maximum absolute atomic E-state index is 13.3. The molecule has 18 heavy (non-hydrogen) atoms. The lowest BCUT2D eigenvalue weighted by Crippen LogP contribution is -2.58. The average molecular weight is 251 g/mol. The summed E-state index contributed by atoms with van der Waals surface area (Å²) < 4.78 is 19.3. The molecule has 0 bridgehead atoms. The van der Waals surface area contributed by atoms with Gasteiger partial charge in [-0.2, -0.15) is 0 Å². The number of hydrogen-bond acceptors (Lipinski definition) is 2. The topological polar surface area (TPSA) is 21.3 Å². The molecule has 1 heterocycles. The second kappa shape index (κ2) is 5.37. The monoisotopic (exact) mass is 251 g/mol. The van der Waals surface area contributed by atoms with Gasteiger partial charge in [0.25, 0.3) is 0 Å². The molecule has 1 aromatic rings. The van der Waals surface area contributed by atoms with E-state index in [1.807, 2.05) is 6.07 Å². The van der Waals surface area contributed by atoms with Crippen molar-refractivity contribution in [1.29, 1.82) is 0 Å². The van der Waals surface area contributed by atoms with Gasteiger partial charge >= 0.3 is 0 Å². The van der Waals surface area contributed by atoms with Crippen molar-refractivity contribution < 1.29 is 9.13 Å². The maximum Gasteiger partial charge on any atom is 0.123 e. The summed E-state index contributed by atoms with van der Waals surface area (Å²) in [6.45, 7) is 7.14. The number of nitrogens with one attached hydrogen (secondary N) is 1. The SMILES string of the molecule is CCC1(CC)COC(c2cccc(F)c2)C(C)N1. The van der Waals surface area contributed by atoms with Gasteiger partial charge in [0, 0.05) is 11.6 Å². The van der Waals surface area contributed by atoms with Crippen LogP contribution in [0.25, 0.3) is 0 Å². The highest BCUT2D eigenvalue weighted by Gasteiger charge is 2.37. The van der Waals surface area contributed by atoms with Crippen LogP contribution in [0.3, 0.4) is 0 Å². The van der Waals surface area contributed by atoms with Gasteiger partial charge in [-0.15, -0.1) is 0 Å². The fraction of sp³-hybridized carbons (Fsp3) is 0.600. The van der Waals surface area contributed by atoms with Crippen LogP contribution in [-0.2, 0) is 4.74 Å². The van der Waals surface area contributed by atoms with Gasteiger partial charge < -0.3 is 10.1 Å². The lowest BCUT2D eigenvalue weighted by Gasteiger charge is -2.44. The fourth-order valence-corrected chi connectivity index (χ4v) is 2.72. The van der Waals surface area contributed by atoms with E-state index < -0.39 is 0 Å². The standard InChI is InChI=1S/C15H22FNO/c1-4-15(5-2)10-18-14(11(3)17-15)12-7-6-8-13(16)9-12/h6-9,11,14,17H,4-5,10H2,1-3H3. The highest BCUT2D eigenvalue weighted by atomic mass is 19.1. The lowest BCUT2D eigenvalue weighted by atomic mass is 9.88. The summed E-state index contributed by atoms with van der Waals surface area (Å²) in [4.78, 5) is 0. The van der Waals surface area contributed by atoms with Gasteiger partial charge in [0.2, 0.25) is 0 Å². The summed E-state index contributed by atoms with van der Waals surface area (Å²) in [5, 5.41) is 3.65. The number of ether oxygens (including phenoxy) is 1. The van der Waals surface area contributed by atoms with Crippen molar-refractivity contribution in [3.63, 3.8) is 0 Å². The minimum absolute atomic E-state index is 0.0630. The summed E-state index contributed by atoms with van der Waals surface area (Å²) in [7, 11) is 0. The molecule has 100 valence electrons. The molecule has 2 atom stereocenters. The van der Waals surface area contributed by atoms with Crippen LogP contribution < -0.4 is 5.32 Å². The van der Waals surface area contributed by atoms with Crippen molar-refractivity contribution >= 4 is 0 Å². The highest BCUT2D eigenvalue weighted by Crippen LogP contribution is 2.31. The first-order valence-electron chi connectivity index (χ1n) is 6.75. The molecule has 2 nitrogen and oxygen atoms in total. The van der Waals surface area contributed by atoms with Gasteiger partial charge in [-0.05, 0) is 37.5 Å². The summed E-state index contributed by atoms with van der Waals surface area (Å²) in [6.07, 6.45) is 2.03. The average Bonchev–Trinajstić information content (AvgIpc) is 2.38. The van der Waals surface area contributed by atoms with Gasteiger partial charge in [0.05, 0.1) is 12.7 Å². The number of rotatable bonds is 3. The van der Waals surface area contributed by atoms with Crippen molar-refractivity contribution in [3.8, 4) is 0 Å². The van der Waals surface area contributed by atoms with Crippen LogP contribution in [0, 0.1) is 5.82 Å². The smallest absolute Gasteiger partial charge is 0.123 e. The van der Waals surface area contributed by atoms with E-state index in [0.29, 0.717) is 6.61 Å². The van der Waals surface area contributed by atoms with E-state index in [4.69, 9.17) is 4.74 Å². The molecule has 3 heteroatoms. The summed E-state index contributed by atoms with van der Waals surface area (Å²) in [5.41, 5.74) is 0.985. The van der Waals surface area contributed by atoms with Gasteiger partial charge in [-0.1, -0.05) is 26.0 Å². The second-order valence-corrected chi connectivity index (χ2v) is 5.21. The van der Waals surface area contributed by atoms with E-state index in [9.17, 15) is 4.39 Å².